The van der Waals surface area contributed by atoms with E-state index in [0.717, 1.165) is 61.3 Å². The molecule has 39 heavy (non-hydrogen) atoms. The number of rotatable bonds is 12. The number of fused-ring (bicyclic) bond motifs is 1. The molecule has 0 radical (unpaired) electrons. The largest absolute Gasteiger partial charge is 0.481 e. The summed E-state index contributed by atoms with van der Waals surface area (Å²) >= 11 is 0. The minimum Gasteiger partial charge on any atom is -0.481 e. The Morgan fingerprint density at radius 3 is 2.87 bits per heavy atom. The molecule has 5 rings (SSSR count). The zero-order valence-electron chi connectivity index (χ0n) is 23.3. The van der Waals surface area contributed by atoms with Crippen LogP contribution in [0.25, 0.3) is 0 Å². The SMILES string of the molecule is CC1(C)COCC1c1ccc(F)cc1C(CC(=O)O)N1CC(OCCCCCc2ccc3c(n2)NCCC3)C1. The van der Waals surface area contributed by atoms with Crippen LogP contribution in [0.3, 0.4) is 0 Å². The summed E-state index contributed by atoms with van der Waals surface area (Å²) in [6.07, 6.45) is 6.42. The normalized spacial score (nSPS) is 21.7. The summed E-state index contributed by atoms with van der Waals surface area (Å²) in [4.78, 5) is 18.7. The molecule has 2 unspecified atom stereocenters. The van der Waals surface area contributed by atoms with E-state index in [1.54, 1.807) is 0 Å². The van der Waals surface area contributed by atoms with Gasteiger partial charge in [0.1, 0.15) is 11.6 Å². The first-order valence-electron chi connectivity index (χ1n) is 14.5. The molecule has 2 aromatic rings. The monoisotopic (exact) mass is 539 g/mol. The van der Waals surface area contributed by atoms with Crippen LogP contribution < -0.4 is 5.32 Å². The molecule has 212 valence electrons. The minimum absolute atomic E-state index is 0.0660. The second-order valence-electron chi connectivity index (χ2n) is 12.0. The molecular formula is C31H42FN3O4. The van der Waals surface area contributed by atoms with Crippen LogP contribution in [0.4, 0.5) is 10.2 Å². The van der Waals surface area contributed by atoms with E-state index in [2.05, 4.69) is 36.2 Å². The van der Waals surface area contributed by atoms with Crippen LogP contribution in [0, 0.1) is 11.2 Å². The number of likely N-dealkylation sites (tertiary alicyclic amines) is 1. The molecule has 3 aliphatic heterocycles. The van der Waals surface area contributed by atoms with Gasteiger partial charge < -0.3 is 19.9 Å². The lowest BCUT2D eigenvalue weighted by atomic mass is 9.75. The highest BCUT2D eigenvalue weighted by Crippen LogP contribution is 2.45. The number of hydrogen-bond donors (Lipinski definition) is 2. The van der Waals surface area contributed by atoms with Gasteiger partial charge in [-0.05, 0) is 72.4 Å². The summed E-state index contributed by atoms with van der Waals surface area (Å²) in [6, 6.07) is 8.81. The van der Waals surface area contributed by atoms with Crippen LogP contribution in [-0.4, -0.2) is 66.5 Å². The maximum Gasteiger partial charge on any atom is 0.305 e. The number of hydrogen-bond acceptors (Lipinski definition) is 6. The quantitative estimate of drug-likeness (QED) is 0.352. The summed E-state index contributed by atoms with van der Waals surface area (Å²) in [5, 5.41) is 13.1. The summed E-state index contributed by atoms with van der Waals surface area (Å²) < 4.78 is 26.3. The molecule has 2 atom stereocenters. The maximum atomic E-state index is 14.4. The van der Waals surface area contributed by atoms with Crippen LogP contribution in [0.15, 0.2) is 30.3 Å². The van der Waals surface area contributed by atoms with Crippen molar-refractivity contribution in [1.29, 1.82) is 0 Å². The molecule has 7 nitrogen and oxygen atoms in total. The number of pyridine rings is 1. The lowest BCUT2D eigenvalue weighted by Crippen LogP contribution is -2.54. The van der Waals surface area contributed by atoms with Crippen LogP contribution in [0.2, 0.25) is 0 Å². The van der Waals surface area contributed by atoms with Crippen molar-refractivity contribution in [2.75, 3.05) is 44.8 Å². The Bertz CT molecular complexity index is 1150. The highest BCUT2D eigenvalue weighted by atomic mass is 19.1. The van der Waals surface area contributed by atoms with Crippen molar-refractivity contribution in [1.82, 2.24) is 9.88 Å². The minimum atomic E-state index is -0.884. The first-order chi connectivity index (χ1) is 18.8. The highest BCUT2D eigenvalue weighted by Gasteiger charge is 2.41. The van der Waals surface area contributed by atoms with Crippen molar-refractivity contribution in [3.05, 3.63) is 58.5 Å². The van der Waals surface area contributed by atoms with Crippen molar-refractivity contribution in [2.45, 2.75) is 76.9 Å². The molecule has 0 bridgehead atoms. The fraction of sp³-hybridized carbons (Fsp3) is 0.613. The average molecular weight is 540 g/mol. The van der Waals surface area contributed by atoms with E-state index in [1.807, 2.05) is 6.07 Å². The third-order valence-corrected chi connectivity index (χ3v) is 8.55. The van der Waals surface area contributed by atoms with Crippen LogP contribution in [-0.2, 0) is 27.1 Å². The van der Waals surface area contributed by atoms with Gasteiger partial charge >= 0.3 is 5.97 Å². The van der Waals surface area contributed by atoms with E-state index < -0.39 is 5.97 Å². The Morgan fingerprint density at radius 2 is 2.10 bits per heavy atom. The van der Waals surface area contributed by atoms with Crippen molar-refractivity contribution < 1.29 is 23.8 Å². The predicted molar refractivity (Wildman–Crippen MR) is 149 cm³/mol. The first kappa shape index (κ1) is 28.0. The lowest BCUT2D eigenvalue weighted by molar-refractivity contribution is -0.141. The van der Waals surface area contributed by atoms with Gasteiger partial charge in [-0.3, -0.25) is 9.69 Å². The van der Waals surface area contributed by atoms with Gasteiger partial charge in [-0.25, -0.2) is 9.37 Å². The standard InChI is InChI=1S/C31H42FN3O4/c1-31(2)20-38-19-27(31)25-12-10-22(32)15-26(25)28(16-29(36)37)35-17-24(18-35)39-14-5-3-4-8-23-11-9-21-7-6-13-33-30(21)34-23/h9-12,15,24,27-28H,3-8,13-14,16-20H2,1-2H3,(H,33,34)(H,36,37). The molecule has 0 amide bonds. The van der Waals surface area contributed by atoms with E-state index in [4.69, 9.17) is 14.5 Å². The molecule has 2 N–H and O–H groups in total. The summed E-state index contributed by atoms with van der Waals surface area (Å²) in [7, 11) is 0. The van der Waals surface area contributed by atoms with Crippen LogP contribution >= 0.6 is 0 Å². The number of aromatic nitrogens is 1. The summed E-state index contributed by atoms with van der Waals surface area (Å²) in [5.41, 5.74) is 4.15. The van der Waals surface area contributed by atoms with Gasteiger partial charge in [0.05, 0.1) is 25.7 Å². The molecule has 0 spiro atoms. The molecule has 1 aromatic carbocycles. The summed E-state index contributed by atoms with van der Waals surface area (Å²) in [5.74, 6) is -0.0595. The van der Waals surface area contributed by atoms with E-state index in [-0.39, 0.29) is 35.7 Å². The van der Waals surface area contributed by atoms with Gasteiger partial charge in [0.25, 0.3) is 0 Å². The van der Waals surface area contributed by atoms with Gasteiger partial charge in [-0.2, -0.15) is 0 Å². The fourth-order valence-electron chi connectivity index (χ4n) is 6.20. The third-order valence-electron chi connectivity index (χ3n) is 8.55. The maximum absolute atomic E-state index is 14.4. The number of carboxylic acids is 1. The Labute approximate surface area is 231 Å². The van der Waals surface area contributed by atoms with Crippen LogP contribution in [0.5, 0.6) is 0 Å². The number of ether oxygens (including phenoxy) is 2. The number of benzene rings is 1. The van der Waals surface area contributed by atoms with Gasteiger partial charge in [0, 0.05) is 43.9 Å². The number of carboxylic acid groups (broad SMARTS) is 1. The molecule has 1 aromatic heterocycles. The molecule has 3 aliphatic rings. The van der Waals surface area contributed by atoms with Crippen LogP contribution in [0.1, 0.15) is 80.3 Å². The smallest absolute Gasteiger partial charge is 0.305 e. The summed E-state index contributed by atoms with van der Waals surface area (Å²) in [6.45, 7) is 8.52. The number of halogens is 1. The number of nitrogens with zero attached hydrogens (tertiary/aromatic N) is 2. The number of aliphatic carboxylic acids is 1. The number of aryl methyl sites for hydroxylation is 2. The van der Waals surface area contributed by atoms with E-state index in [9.17, 15) is 14.3 Å². The molecule has 2 fully saturated rings. The van der Waals surface area contributed by atoms with E-state index in [0.29, 0.717) is 32.9 Å². The Balaban J connectivity index is 1.10. The van der Waals surface area contributed by atoms with Gasteiger partial charge in [0.15, 0.2) is 0 Å². The molecule has 2 saturated heterocycles. The average Bonchev–Trinajstić information content (AvgIpc) is 3.24. The Morgan fingerprint density at radius 1 is 1.26 bits per heavy atom. The zero-order valence-corrected chi connectivity index (χ0v) is 23.3. The zero-order chi connectivity index (χ0) is 27.4. The van der Waals surface area contributed by atoms with E-state index in [1.165, 1.54) is 24.1 Å². The van der Waals surface area contributed by atoms with E-state index >= 15 is 0 Å². The number of unbranched alkanes of at least 4 members (excludes halogenated alkanes) is 2. The molecular weight excluding hydrogens is 497 g/mol. The number of anilines is 1. The molecule has 8 heteroatoms. The lowest BCUT2D eigenvalue weighted by Gasteiger charge is -2.44. The molecule has 4 heterocycles. The third kappa shape index (κ3) is 6.79. The fourth-order valence-corrected chi connectivity index (χ4v) is 6.20. The highest BCUT2D eigenvalue weighted by molar-refractivity contribution is 5.68. The number of nitrogens with one attached hydrogen (secondary N) is 1. The Hall–Kier alpha value is -2.55. The molecule has 0 saturated carbocycles. The predicted octanol–water partition coefficient (Wildman–Crippen LogP) is 5.35. The molecule has 0 aliphatic carbocycles. The van der Waals surface area contributed by atoms with Crippen molar-refractivity contribution in [3.63, 3.8) is 0 Å². The van der Waals surface area contributed by atoms with Crippen molar-refractivity contribution in [2.24, 2.45) is 5.41 Å². The topological polar surface area (TPSA) is 83.9 Å². The first-order valence-corrected chi connectivity index (χ1v) is 14.5. The van der Waals surface area contributed by atoms with Gasteiger partial charge in [-0.15, -0.1) is 0 Å². The number of carbonyl (C=O) groups is 1. The van der Waals surface area contributed by atoms with Crippen molar-refractivity contribution in [3.8, 4) is 0 Å². The second-order valence-corrected chi connectivity index (χ2v) is 12.0. The Kier molecular flexibility index (Phi) is 8.84. The van der Waals surface area contributed by atoms with Gasteiger partial charge in [-0.1, -0.05) is 32.4 Å². The second kappa shape index (κ2) is 12.3. The van der Waals surface area contributed by atoms with Gasteiger partial charge in [0.2, 0.25) is 0 Å². The van der Waals surface area contributed by atoms with Crippen molar-refractivity contribution >= 4 is 11.8 Å².